The number of amides is 1. The van der Waals surface area contributed by atoms with Crippen molar-refractivity contribution in [1.82, 2.24) is 5.32 Å². The number of esters is 1. The van der Waals surface area contributed by atoms with E-state index >= 15 is 0 Å². The van der Waals surface area contributed by atoms with Gasteiger partial charge in [0, 0.05) is 25.5 Å². The van der Waals surface area contributed by atoms with Crippen molar-refractivity contribution in [2.24, 2.45) is 0 Å². The molecular formula is C36H53NO9. The van der Waals surface area contributed by atoms with Crippen LogP contribution in [0.3, 0.4) is 0 Å². The molecule has 1 aliphatic carbocycles. The second kappa shape index (κ2) is 24.2. The summed E-state index contributed by atoms with van der Waals surface area (Å²) in [6.07, 6.45) is 6.33. The molecule has 0 aromatic heterocycles. The van der Waals surface area contributed by atoms with Crippen LogP contribution in [0.4, 0.5) is 4.79 Å². The maximum Gasteiger partial charge on any atom is 0.407 e. The summed E-state index contributed by atoms with van der Waals surface area (Å²) in [6, 6.07) is 16.6. The molecule has 0 unspecified atom stereocenters. The molecular weight excluding hydrogens is 590 g/mol. The number of alkyl carbamates (subject to hydrolysis) is 1. The highest BCUT2D eigenvalue weighted by Crippen LogP contribution is 2.44. The molecule has 46 heavy (non-hydrogen) atoms. The van der Waals surface area contributed by atoms with E-state index in [2.05, 4.69) is 36.5 Å². The summed E-state index contributed by atoms with van der Waals surface area (Å²) in [5.74, 6) is -0.0982. The van der Waals surface area contributed by atoms with Gasteiger partial charge in [-0.1, -0.05) is 81.1 Å². The van der Waals surface area contributed by atoms with E-state index in [0.717, 1.165) is 12.8 Å². The highest BCUT2D eigenvalue weighted by molar-refractivity contribution is 5.79. The van der Waals surface area contributed by atoms with Gasteiger partial charge in [0.1, 0.15) is 13.2 Å². The smallest absolute Gasteiger partial charge is 0.407 e. The lowest BCUT2D eigenvalue weighted by Crippen LogP contribution is -2.27. The minimum Gasteiger partial charge on any atom is -0.463 e. The summed E-state index contributed by atoms with van der Waals surface area (Å²) in [5, 5.41) is 2.80. The zero-order valence-electron chi connectivity index (χ0n) is 27.5. The van der Waals surface area contributed by atoms with Crippen LogP contribution in [0.2, 0.25) is 0 Å². The molecule has 3 rings (SSSR count). The van der Waals surface area contributed by atoms with Gasteiger partial charge >= 0.3 is 12.1 Å². The van der Waals surface area contributed by atoms with Crippen LogP contribution >= 0.6 is 0 Å². The maximum atomic E-state index is 12.2. The van der Waals surface area contributed by atoms with Crippen LogP contribution in [0, 0.1) is 0 Å². The number of hydrogen-bond acceptors (Lipinski definition) is 9. The van der Waals surface area contributed by atoms with Crippen molar-refractivity contribution in [3.8, 4) is 11.1 Å². The zero-order valence-corrected chi connectivity index (χ0v) is 27.5. The normalized spacial score (nSPS) is 12.1. The predicted octanol–water partition coefficient (Wildman–Crippen LogP) is 5.90. The molecule has 1 aliphatic rings. The van der Waals surface area contributed by atoms with Crippen LogP contribution < -0.4 is 5.32 Å². The van der Waals surface area contributed by atoms with Gasteiger partial charge in [0.2, 0.25) is 0 Å². The van der Waals surface area contributed by atoms with Crippen molar-refractivity contribution >= 4 is 12.1 Å². The summed E-state index contributed by atoms with van der Waals surface area (Å²) in [5.41, 5.74) is 4.81. The van der Waals surface area contributed by atoms with E-state index in [4.69, 9.17) is 33.2 Å². The molecule has 2 aromatic rings. The Hall–Kier alpha value is -3.02. The van der Waals surface area contributed by atoms with Crippen LogP contribution in [0.15, 0.2) is 48.5 Å². The first-order chi connectivity index (χ1) is 22.7. The third-order valence-corrected chi connectivity index (χ3v) is 7.54. The largest absolute Gasteiger partial charge is 0.463 e. The van der Waals surface area contributed by atoms with Crippen LogP contribution in [0.1, 0.15) is 68.9 Å². The third-order valence-electron chi connectivity index (χ3n) is 7.54. The molecule has 1 N–H and O–H groups in total. The SMILES string of the molecule is CCCCCCCC(=O)OCCOCCOCCOCCOCCOCCCNC(=O)OCC1c2ccccc2-c2ccccc21. The van der Waals surface area contributed by atoms with Crippen LogP contribution in [0.25, 0.3) is 11.1 Å². The molecule has 0 heterocycles. The lowest BCUT2D eigenvalue weighted by molar-refractivity contribution is -0.145. The van der Waals surface area contributed by atoms with Gasteiger partial charge in [-0.15, -0.1) is 0 Å². The highest BCUT2D eigenvalue weighted by atomic mass is 16.6. The Bertz CT molecular complexity index is 1070. The third kappa shape index (κ3) is 15.0. The molecule has 0 aliphatic heterocycles. The fraction of sp³-hybridized carbons (Fsp3) is 0.611. The number of hydrogen-bond donors (Lipinski definition) is 1. The molecule has 256 valence electrons. The number of rotatable bonds is 27. The van der Waals surface area contributed by atoms with Gasteiger partial charge in [-0.05, 0) is 35.1 Å². The van der Waals surface area contributed by atoms with Crippen LogP contribution in [-0.2, 0) is 38.0 Å². The van der Waals surface area contributed by atoms with E-state index in [1.165, 1.54) is 41.5 Å². The van der Waals surface area contributed by atoms with E-state index in [1.54, 1.807) is 0 Å². The van der Waals surface area contributed by atoms with Crippen molar-refractivity contribution in [1.29, 1.82) is 0 Å². The fourth-order valence-corrected chi connectivity index (χ4v) is 5.16. The Morgan fingerprint density at radius 1 is 0.587 bits per heavy atom. The number of carbonyl (C=O) groups excluding carboxylic acids is 2. The van der Waals surface area contributed by atoms with E-state index in [9.17, 15) is 9.59 Å². The molecule has 0 saturated heterocycles. The van der Waals surface area contributed by atoms with Gasteiger partial charge in [-0.25, -0.2) is 4.79 Å². The van der Waals surface area contributed by atoms with Crippen LogP contribution in [-0.4, -0.2) is 97.9 Å². The number of ether oxygens (including phenoxy) is 7. The second-order valence-electron chi connectivity index (χ2n) is 11.1. The number of benzene rings is 2. The average Bonchev–Trinajstić information content (AvgIpc) is 3.39. The zero-order chi connectivity index (χ0) is 32.5. The molecule has 0 bridgehead atoms. The maximum absolute atomic E-state index is 12.2. The van der Waals surface area contributed by atoms with E-state index in [0.29, 0.717) is 92.1 Å². The van der Waals surface area contributed by atoms with E-state index < -0.39 is 6.09 Å². The van der Waals surface area contributed by atoms with Crippen molar-refractivity contribution in [2.75, 3.05) is 85.8 Å². The second-order valence-corrected chi connectivity index (χ2v) is 11.1. The summed E-state index contributed by atoms with van der Waals surface area (Å²) in [6.45, 7) is 7.92. The fourth-order valence-electron chi connectivity index (χ4n) is 5.16. The van der Waals surface area contributed by atoms with Crippen molar-refractivity contribution < 1.29 is 42.7 Å². The van der Waals surface area contributed by atoms with Gasteiger partial charge in [-0.3, -0.25) is 4.79 Å². The number of fused-ring (bicyclic) bond motifs is 3. The van der Waals surface area contributed by atoms with Crippen molar-refractivity contribution in [2.45, 2.75) is 57.8 Å². The number of unbranched alkanes of at least 4 members (excludes halogenated alkanes) is 4. The lowest BCUT2D eigenvalue weighted by Gasteiger charge is -2.14. The lowest BCUT2D eigenvalue weighted by atomic mass is 9.98. The number of nitrogens with one attached hydrogen (secondary N) is 1. The Morgan fingerprint density at radius 2 is 1.09 bits per heavy atom. The molecule has 0 spiro atoms. The summed E-state index contributed by atoms with van der Waals surface area (Å²) in [4.78, 5) is 23.9. The standard InChI is InChI=1S/C36H53NO9/c1-2-3-4-5-6-16-35(38)45-28-27-44-26-25-43-24-23-42-22-21-41-20-19-40-18-11-17-37-36(39)46-29-34-32-14-9-7-12-30(32)31-13-8-10-15-33(31)34/h7-10,12-15,34H,2-6,11,16-29H2,1H3,(H,37,39). The van der Waals surface area contributed by atoms with Gasteiger partial charge in [0.25, 0.3) is 0 Å². The van der Waals surface area contributed by atoms with Gasteiger partial charge in [-0.2, -0.15) is 0 Å². The molecule has 1 amide bonds. The predicted molar refractivity (Wildman–Crippen MR) is 176 cm³/mol. The minimum atomic E-state index is -0.415. The van der Waals surface area contributed by atoms with Crippen molar-refractivity contribution in [3.63, 3.8) is 0 Å². The van der Waals surface area contributed by atoms with Gasteiger partial charge < -0.3 is 38.5 Å². The monoisotopic (exact) mass is 643 g/mol. The highest BCUT2D eigenvalue weighted by Gasteiger charge is 2.28. The van der Waals surface area contributed by atoms with E-state index in [-0.39, 0.29) is 18.5 Å². The number of carbonyl (C=O) groups is 2. The molecule has 0 atom stereocenters. The first-order valence-electron chi connectivity index (χ1n) is 16.8. The Kier molecular flexibility index (Phi) is 19.7. The Labute approximate surface area is 274 Å². The van der Waals surface area contributed by atoms with Crippen molar-refractivity contribution in [3.05, 3.63) is 59.7 Å². The van der Waals surface area contributed by atoms with Gasteiger partial charge in [0.15, 0.2) is 0 Å². The molecule has 10 heteroatoms. The quantitative estimate of drug-likeness (QED) is 0.0940. The molecule has 0 fully saturated rings. The Balaban J connectivity index is 1.02. The summed E-state index contributed by atoms with van der Waals surface area (Å²) < 4.78 is 38.1. The van der Waals surface area contributed by atoms with Gasteiger partial charge in [0.05, 0.1) is 59.5 Å². The molecule has 2 aromatic carbocycles. The molecule has 0 radical (unpaired) electrons. The first kappa shape index (κ1) is 37.4. The summed E-state index contributed by atoms with van der Waals surface area (Å²) >= 11 is 0. The van der Waals surface area contributed by atoms with E-state index in [1.807, 2.05) is 24.3 Å². The minimum absolute atomic E-state index is 0.0520. The topological polar surface area (TPSA) is 111 Å². The summed E-state index contributed by atoms with van der Waals surface area (Å²) in [7, 11) is 0. The average molecular weight is 644 g/mol. The molecule has 10 nitrogen and oxygen atoms in total. The first-order valence-corrected chi connectivity index (χ1v) is 16.8. The molecule has 0 saturated carbocycles. The van der Waals surface area contributed by atoms with Crippen LogP contribution in [0.5, 0.6) is 0 Å². The Morgan fingerprint density at radius 3 is 1.65 bits per heavy atom.